The number of carbonyl (C=O) groups is 1. The minimum Gasteiger partial charge on any atom is -0.352 e. The molecule has 0 spiro atoms. The number of unbranched alkanes of at least 4 members (excludes halogenated alkanes) is 13. The molecular formula is C23H38N2O3. The van der Waals surface area contributed by atoms with E-state index >= 15 is 0 Å². The first-order valence-electron chi connectivity index (χ1n) is 11.2. The van der Waals surface area contributed by atoms with Gasteiger partial charge in [0.2, 0.25) is 0 Å². The molecule has 1 amide bonds. The first kappa shape index (κ1) is 24.1. The Hall–Kier alpha value is -1.91. The summed E-state index contributed by atoms with van der Waals surface area (Å²) in [5.41, 5.74) is -0.00109. The van der Waals surface area contributed by atoms with Crippen LogP contribution in [0.4, 0.5) is 5.69 Å². The van der Waals surface area contributed by atoms with Gasteiger partial charge in [-0.1, -0.05) is 103 Å². The highest BCUT2D eigenvalue weighted by Crippen LogP contribution is 2.17. The fraction of sp³-hybridized carbons (Fsp3) is 0.696. The Morgan fingerprint density at radius 2 is 1.29 bits per heavy atom. The first-order chi connectivity index (χ1) is 13.7. The van der Waals surface area contributed by atoms with Gasteiger partial charge in [-0.3, -0.25) is 14.9 Å². The number of carbonyl (C=O) groups excluding carboxylic acids is 1. The molecule has 0 aliphatic rings. The molecule has 0 fully saturated rings. The van der Waals surface area contributed by atoms with E-state index in [9.17, 15) is 14.9 Å². The van der Waals surface area contributed by atoms with Crippen molar-refractivity contribution in [2.45, 2.75) is 96.8 Å². The van der Waals surface area contributed by atoms with Crippen molar-refractivity contribution in [2.24, 2.45) is 0 Å². The third-order valence-corrected chi connectivity index (χ3v) is 5.16. The summed E-state index contributed by atoms with van der Waals surface area (Å²) in [7, 11) is 0. The fourth-order valence-electron chi connectivity index (χ4n) is 3.44. The van der Waals surface area contributed by atoms with E-state index in [2.05, 4.69) is 12.2 Å². The summed E-state index contributed by atoms with van der Waals surface area (Å²) < 4.78 is 0. The minimum absolute atomic E-state index is 0.137. The molecule has 0 saturated carbocycles. The molecule has 1 aromatic carbocycles. The monoisotopic (exact) mass is 390 g/mol. The second kappa shape index (κ2) is 16.1. The van der Waals surface area contributed by atoms with Crippen molar-refractivity contribution in [1.29, 1.82) is 0 Å². The Bertz CT molecular complexity index is 561. The second-order valence-electron chi connectivity index (χ2n) is 7.63. The summed E-state index contributed by atoms with van der Waals surface area (Å²) >= 11 is 0. The summed E-state index contributed by atoms with van der Waals surface area (Å²) in [5, 5.41) is 13.8. The second-order valence-corrected chi connectivity index (χ2v) is 7.63. The zero-order chi connectivity index (χ0) is 20.5. The fourth-order valence-corrected chi connectivity index (χ4v) is 3.44. The van der Waals surface area contributed by atoms with Gasteiger partial charge in [0.1, 0.15) is 5.56 Å². The lowest BCUT2D eigenvalue weighted by molar-refractivity contribution is -0.385. The third-order valence-electron chi connectivity index (χ3n) is 5.16. The molecule has 0 atom stereocenters. The largest absolute Gasteiger partial charge is 0.352 e. The number of nitro benzene ring substituents is 1. The van der Waals surface area contributed by atoms with Crippen LogP contribution in [0, 0.1) is 10.1 Å². The van der Waals surface area contributed by atoms with Crippen LogP contribution in [0.1, 0.15) is 107 Å². The number of rotatable bonds is 17. The maximum absolute atomic E-state index is 12.1. The molecule has 1 rings (SSSR count). The van der Waals surface area contributed by atoms with Gasteiger partial charge >= 0.3 is 0 Å². The van der Waals surface area contributed by atoms with Crippen molar-refractivity contribution in [3.05, 3.63) is 39.9 Å². The van der Waals surface area contributed by atoms with Crippen LogP contribution in [0.3, 0.4) is 0 Å². The van der Waals surface area contributed by atoms with Crippen LogP contribution in [0.15, 0.2) is 24.3 Å². The number of hydrogen-bond acceptors (Lipinski definition) is 3. The average molecular weight is 391 g/mol. The lowest BCUT2D eigenvalue weighted by Gasteiger charge is -2.06. The van der Waals surface area contributed by atoms with Crippen molar-refractivity contribution in [2.75, 3.05) is 6.54 Å². The van der Waals surface area contributed by atoms with Crippen molar-refractivity contribution in [1.82, 2.24) is 5.32 Å². The lowest BCUT2D eigenvalue weighted by Crippen LogP contribution is -2.25. The predicted molar refractivity (Wildman–Crippen MR) is 116 cm³/mol. The highest BCUT2D eigenvalue weighted by atomic mass is 16.6. The van der Waals surface area contributed by atoms with Crippen LogP contribution >= 0.6 is 0 Å². The SMILES string of the molecule is CCCCCCCCCCCCCCCCNC(=O)c1ccccc1[N+](=O)[O-]. The molecule has 5 nitrogen and oxygen atoms in total. The van der Waals surface area contributed by atoms with Gasteiger partial charge in [0.05, 0.1) is 4.92 Å². The zero-order valence-corrected chi connectivity index (χ0v) is 17.6. The molecule has 1 aromatic rings. The highest BCUT2D eigenvalue weighted by molar-refractivity contribution is 5.98. The Kier molecular flexibility index (Phi) is 13.9. The van der Waals surface area contributed by atoms with Crippen LogP contribution in [0.5, 0.6) is 0 Å². The Morgan fingerprint density at radius 3 is 1.79 bits per heavy atom. The maximum atomic E-state index is 12.1. The topological polar surface area (TPSA) is 72.2 Å². The first-order valence-corrected chi connectivity index (χ1v) is 11.2. The van der Waals surface area contributed by atoms with Crippen LogP contribution < -0.4 is 5.32 Å². The van der Waals surface area contributed by atoms with E-state index in [1.807, 2.05) is 0 Å². The molecule has 158 valence electrons. The van der Waals surface area contributed by atoms with Crippen LogP contribution in [-0.2, 0) is 0 Å². The number of nitro groups is 1. The van der Waals surface area contributed by atoms with Gasteiger partial charge in [0, 0.05) is 12.6 Å². The normalized spacial score (nSPS) is 10.8. The molecule has 0 unspecified atom stereocenters. The molecule has 1 N–H and O–H groups in total. The number of para-hydroxylation sites is 1. The highest BCUT2D eigenvalue weighted by Gasteiger charge is 2.18. The van der Waals surface area contributed by atoms with Gasteiger partial charge < -0.3 is 5.32 Å². The standard InChI is InChI=1S/C23H38N2O3/c1-2-3-4-5-6-7-8-9-10-11-12-13-14-17-20-24-23(26)21-18-15-16-19-22(21)25(27)28/h15-16,18-19H,2-14,17,20H2,1H3,(H,24,26). The summed E-state index contributed by atoms with van der Waals surface area (Å²) in [5.74, 6) is -0.359. The Labute approximate surface area is 170 Å². The van der Waals surface area contributed by atoms with E-state index in [1.54, 1.807) is 12.1 Å². The van der Waals surface area contributed by atoms with Crippen LogP contribution in [-0.4, -0.2) is 17.4 Å². The summed E-state index contributed by atoms with van der Waals surface area (Å²) in [6.45, 7) is 2.83. The Morgan fingerprint density at radius 1 is 0.821 bits per heavy atom. The molecule has 0 aliphatic heterocycles. The molecule has 0 heterocycles. The maximum Gasteiger partial charge on any atom is 0.282 e. The van der Waals surface area contributed by atoms with Crippen molar-refractivity contribution in [3.63, 3.8) is 0 Å². The van der Waals surface area contributed by atoms with Gasteiger partial charge in [-0.05, 0) is 12.5 Å². The van der Waals surface area contributed by atoms with Gasteiger partial charge in [-0.15, -0.1) is 0 Å². The van der Waals surface area contributed by atoms with Crippen molar-refractivity contribution < 1.29 is 9.72 Å². The average Bonchev–Trinajstić information content (AvgIpc) is 2.70. The third kappa shape index (κ3) is 11.1. The Balaban J connectivity index is 1.94. The van der Waals surface area contributed by atoms with E-state index in [4.69, 9.17) is 0 Å². The lowest BCUT2D eigenvalue weighted by atomic mass is 10.0. The molecule has 0 saturated heterocycles. The number of benzene rings is 1. The van der Waals surface area contributed by atoms with E-state index < -0.39 is 4.92 Å². The van der Waals surface area contributed by atoms with Gasteiger partial charge in [0.25, 0.3) is 11.6 Å². The molecule has 0 radical (unpaired) electrons. The van der Waals surface area contributed by atoms with Gasteiger partial charge in [0.15, 0.2) is 0 Å². The predicted octanol–water partition coefficient (Wildman–Crippen LogP) is 6.81. The number of nitrogens with zero attached hydrogens (tertiary/aromatic N) is 1. The van der Waals surface area contributed by atoms with E-state index in [0.717, 1.165) is 12.8 Å². The molecule has 0 bridgehead atoms. The van der Waals surface area contributed by atoms with E-state index in [0.29, 0.717) is 6.54 Å². The molecule has 0 aliphatic carbocycles. The number of nitrogens with one attached hydrogen (secondary N) is 1. The van der Waals surface area contributed by atoms with E-state index in [1.165, 1.54) is 89.2 Å². The number of hydrogen-bond donors (Lipinski definition) is 1. The molecular weight excluding hydrogens is 352 g/mol. The van der Waals surface area contributed by atoms with Crippen molar-refractivity contribution >= 4 is 11.6 Å². The summed E-state index contributed by atoms with van der Waals surface area (Å²) in [4.78, 5) is 22.5. The molecule has 28 heavy (non-hydrogen) atoms. The summed E-state index contributed by atoms with van der Waals surface area (Å²) in [6, 6.07) is 6.08. The van der Waals surface area contributed by atoms with Crippen LogP contribution in [0.25, 0.3) is 0 Å². The van der Waals surface area contributed by atoms with Gasteiger partial charge in [-0.25, -0.2) is 0 Å². The van der Waals surface area contributed by atoms with Crippen LogP contribution in [0.2, 0.25) is 0 Å². The molecule has 5 heteroatoms. The minimum atomic E-state index is -0.513. The van der Waals surface area contributed by atoms with Crippen molar-refractivity contribution in [3.8, 4) is 0 Å². The summed E-state index contributed by atoms with van der Waals surface area (Å²) in [6.07, 6.45) is 18.1. The van der Waals surface area contributed by atoms with Gasteiger partial charge in [-0.2, -0.15) is 0 Å². The molecule has 0 aromatic heterocycles. The quantitative estimate of drug-likeness (QED) is 0.180. The number of amides is 1. The zero-order valence-electron chi connectivity index (χ0n) is 17.6. The smallest absolute Gasteiger partial charge is 0.282 e. The van der Waals surface area contributed by atoms with E-state index in [-0.39, 0.29) is 17.2 Å².